The standard InChI is InChI=1S/C20H25NO5/c21-15(10-13-6-8-14(22)9-7-13)18(23)17-19(24)16(26-20(17)25)11-12-4-2-1-3-5-12/h6-9,12,15-16,22-23H,1-5,10-11,21H2/b18-17+. The second-order valence-corrected chi connectivity index (χ2v) is 7.24. The number of ketones is 1. The molecule has 2 unspecified atom stereocenters. The number of aromatic hydroxyl groups is 1. The molecule has 2 atom stereocenters. The number of cyclic esters (lactones) is 1. The van der Waals surface area contributed by atoms with Crippen LogP contribution in [0.1, 0.15) is 44.1 Å². The van der Waals surface area contributed by atoms with Gasteiger partial charge in [0.05, 0.1) is 6.04 Å². The molecule has 0 aromatic heterocycles. The van der Waals surface area contributed by atoms with Gasteiger partial charge in [-0.15, -0.1) is 0 Å². The molecule has 4 N–H and O–H groups in total. The molecule has 0 radical (unpaired) electrons. The molecule has 6 nitrogen and oxygen atoms in total. The minimum Gasteiger partial charge on any atom is -0.510 e. The van der Waals surface area contributed by atoms with E-state index in [2.05, 4.69) is 0 Å². The highest BCUT2D eigenvalue weighted by atomic mass is 16.6. The van der Waals surface area contributed by atoms with Gasteiger partial charge in [0, 0.05) is 0 Å². The number of aliphatic hydroxyl groups is 1. The molecule has 1 aliphatic heterocycles. The Morgan fingerprint density at radius 1 is 1.15 bits per heavy atom. The largest absolute Gasteiger partial charge is 0.510 e. The first-order chi connectivity index (χ1) is 12.5. The molecular formula is C20H25NO5. The van der Waals surface area contributed by atoms with Gasteiger partial charge in [0.25, 0.3) is 0 Å². The molecule has 140 valence electrons. The molecular weight excluding hydrogens is 334 g/mol. The van der Waals surface area contributed by atoms with Gasteiger partial charge >= 0.3 is 5.97 Å². The Balaban J connectivity index is 1.69. The van der Waals surface area contributed by atoms with Crippen molar-refractivity contribution in [1.82, 2.24) is 0 Å². The zero-order valence-corrected chi connectivity index (χ0v) is 14.7. The van der Waals surface area contributed by atoms with E-state index >= 15 is 0 Å². The Hall–Kier alpha value is -2.34. The van der Waals surface area contributed by atoms with Crippen LogP contribution >= 0.6 is 0 Å². The number of rotatable bonds is 5. The molecule has 1 aromatic carbocycles. The number of carbonyl (C=O) groups excluding carboxylic acids is 2. The number of carbonyl (C=O) groups is 2. The van der Waals surface area contributed by atoms with E-state index < -0.39 is 29.7 Å². The van der Waals surface area contributed by atoms with E-state index in [1.54, 1.807) is 12.1 Å². The average molecular weight is 359 g/mol. The quantitative estimate of drug-likeness (QED) is 0.322. The maximum absolute atomic E-state index is 12.6. The minimum absolute atomic E-state index is 0.130. The first-order valence-corrected chi connectivity index (χ1v) is 9.17. The van der Waals surface area contributed by atoms with Gasteiger partial charge in [-0.05, 0) is 36.5 Å². The first-order valence-electron chi connectivity index (χ1n) is 9.17. The third-order valence-corrected chi connectivity index (χ3v) is 5.26. The van der Waals surface area contributed by atoms with Crippen LogP contribution in [0.25, 0.3) is 0 Å². The summed E-state index contributed by atoms with van der Waals surface area (Å²) in [4.78, 5) is 24.7. The van der Waals surface area contributed by atoms with Crippen molar-refractivity contribution >= 4 is 11.8 Å². The third kappa shape index (κ3) is 4.07. The molecule has 1 aliphatic carbocycles. The number of Topliss-reactive ketones (excluding diaryl/α,β-unsaturated/α-hetero) is 1. The lowest BCUT2D eigenvalue weighted by molar-refractivity contribution is -0.141. The lowest BCUT2D eigenvalue weighted by atomic mass is 9.84. The van der Waals surface area contributed by atoms with E-state index in [4.69, 9.17) is 10.5 Å². The highest BCUT2D eigenvalue weighted by Gasteiger charge is 2.42. The smallest absolute Gasteiger partial charge is 0.346 e. The van der Waals surface area contributed by atoms with Crippen LogP contribution < -0.4 is 5.73 Å². The van der Waals surface area contributed by atoms with E-state index in [-0.39, 0.29) is 17.7 Å². The molecule has 1 saturated heterocycles. The number of esters is 1. The van der Waals surface area contributed by atoms with E-state index in [1.165, 1.54) is 18.6 Å². The summed E-state index contributed by atoms with van der Waals surface area (Å²) in [5.41, 5.74) is 6.46. The van der Waals surface area contributed by atoms with Crippen LogP contribution in [-0.4, -0.2) is 34.1 Å². The number of hydrogen-bond donors (Lipinski definition) is 3. The van der Waals surface area contributed by atoms with Crippen molar-refractivity contribution < 1.29 is 24.5 Å². The molecule has 1 aromatic rings. The molecule has 1 saturated carbocycles. The summed E-state index contributed by atoms with van der Waals surface area (Å²) in [7, 11) is 0. The highest BCUT2D eigenvalue weighted by molar-refractivity contribution is 6.23. The van der Waals surface area contributed by atoms with Gasteiger partial charge in [0.2, 0.25) is 5.78 Å². The topological polar surface area (TPSA) is 110 Å². The van der Waals surface area contributed by atoms with E-state index in [1.807, 2.05) is 0 Å². The van der Waals surface area contributed by atoms with Crippen molar-refractivity contribution in [3.63, 3.8) is 0 Å². The fourth-order valence-corrected chi connectivity index (χ4v) is 3.78. The average Bonchev–Trinajstić information content (AvgIpc) is 2.90. The number of ether oxygens (including phenoxy) is 1. The normalized spacial score (nSPS) is 24.4. The summed E-state index contributed by atoms with van der Waals surface area (Å²) in [6.45, 7) is 0. The number of benzene rings is 1. The van der Waals surface area contributed by atoms with Gasteiger partial charge in [0.1, 0.15) is 17.1 Å². The number of hydrogen-bond acceptors (Lipinski definition) is 6. The molecule has 2 aliphatic rings. The molecule has 3 rings (SSSR count). The fraction of sp³-hybridized carbons (Fsp3) is 0.500. The van der Waals surface area contributed by atoms with Crippen LogP contribution in [0.2, 0.25) is 0 Å². The number of phenols is 1. The summed E-state index contributed by atoms with van der Waals surface area (Å²) in [6, 6.07) is 5.49. The number of nitrogens with two attached hydrogens (primary N) is 1. The van der Waals surface area contributed by atoms with Crippen LogP contribution in [0.3, 0.4) is 0 Å². The van der Waals surface area contributed by atoms with Crippen molar-refractivity contribution in [2.24, 2.45) is 11.7 Å². The maximum Gasteiger partial charge on any atom is 0.346 e. The SMILES string of the molecule is NC(Cc1ccc(O)cc1)/C(O)=C1\C(=O)OC(CC2CCCCC2)C1=O. The van der Waals surface area contributed by atoms with Crippen molar-refractivity contribution in [1.29, 1.82) is 0 Å². The second kappa shape index (κ2) is 7.91. The lowest BCUT2D eigenvalue weighted by Crippen LogP contribution is -2.29. The van der Waals surface area contributed by atoms with Crippen molar-refractivity contribution in [2.45, 2.75) is 57.1 Å². The van der Waals surface area contributed by atoms with Gasteiger partial charge in [-0.25, -0.2) is 4.79 Å². The Morgan fingerprint density at radius 2 is 1.81 bits per heavy atom. The molecule has 2 fully saturated rings. The monoisotopic (exact) mass is 359 g/mol. The minimum atomic E-state index is -0.889. The predicted octanol–water partition coefficient (Wildman–Crippen LogP) is 2.54. The highest BCUT2D eigenvalue weighted by Crippen LogP contribution is 2.32. The molecule has 0 bridgehead atoms. The van der Waals surface area contributed by atoms with Crippen molar-refractivity contribution in [2.75, 3.05) is 0 Å². The first kappa shape index (κ1) is 18.5. The van der Waals surface area contributed by atoms with E-state index in [0.29, 0.717) is 12.3 Å². The van der Waals surface area contributed by atoms with Gasteiger partial charge < -0.3 is 20.7 Å². The molecule has 6 heteroatoms. The van der Waals surface area contributed by atoms with Crippen LogP contribution in [-0.2, 0) is 20.7 Å². The Kier molecular flexibility index (Phi) is 5.61. The summed E-state index contributed by atoms with van der Waals surface area (Å²) < 4.78 is 5.23. The Bertz CT molecular complexity index is 703. The van der Waals surface area contributed by atoms with Gasteiger partial charge in [-0.2, -0.15) is 0 Å². The third-order valence-electron chi connectivity index (χ3n) is 5.26. The predicted molar refractivity (Wildman–Crippen MR) is 95.5 cm³/mol. The van der Waals surface area contributed by atoms with Gasteiger partial charge in [-0.1, -0.05) is 44.2 Å². The summed E-state index contributed by atoms with van der Waals surface area (Å²) in [6.07, 6.45) is 5.56. The van der Waals surface area contributed by atoms with Crippen LogP contribution in [0.5, 0.6) is 5.75 Å². The summed E-state index contributed by atoms with van der Waals surface area (Å²) >= 11 is 0. The van der Waals surface area contributed by atoms with Crippen LogP contribution in [0, 0.1) is 5.92 Å². The maximum atomic E-state index is 12.6. The molecule has 1 heterocycles. The Morgan fingerprint density at radius 3 is 2.46 bits per heavy atom. The second-order valence-electron chi connectivity index (χ2n) is 7.24. The van der Waals surface area contributed by atoms with E-state index in [9.17, 15) is 19.8 Å². The van der Waals surface area contributed by atoms with Crippen molar-refractivity contribution in [3.8, 4) is 5.75 Å². The fourth-order valence-electron chi connectivity index (χ4n) is 3.78. The summed E-state index contributed by atoms with van der Waals surface area (Å²) in [5, 5.41) is 19.7. The van der Waals surface area contributed by atoms with E-state index in [0.717, 1.165) is 31.2 Å². The summed E-state index contributed by atoms with van der Waals surface area (Å²) in [5.74, 6) is -1.14. The van der Waals surface area contributed by atoms with Crippen molar-refractivity contribution in [3.05, 3.63) is 41.2 Å². The Labute approximate surface area is 152 Å². The number of phenolic OH excluding ortho intramolecular Hbond substituents is 1. The van der Waals surface area contributed by atoms with Crippen LogP contribution in [0.15, 0.2) is 35.6 Å². The van der Waals surface area contributed by atoms with Gasteiger partial charge in [0.15, 0.2) is 6.10 Å². The lowest BCUT2D eigenvalue weighted by Gasteiger charge is -2.22. The zero-order valence-electron chi connectivity index (χ0n) is 14.7. The number of aliphatic hydroxyl groups excluding tert-OH is 1. The molecule has 0 amide bonds. The molecule has 26 heavy (non-hydrogen) atoms. The zero-order chi connectivity index (χ0) is 18.7. The van der Waals surface area contributed by atoms with Gasteiger partial charge in [-0.3, -0.25) is 4.79 Å². The molecule has 0 spiro atoms. The van der Waals surface area contributed by atoms with Crippen LogP contribution in [0.4, 0.5) is 0 Å².